The van der Waals surface area contributed by atoms with Crippen LogP contribution in [0.1, 0.15) is 16.9 Å². The molecule has 6 nitrogen and oxygen atoms in total. The molecule has 0 saturated heterocycles. The first-order valence-corrected chi connectivity index (χ1v) is 11.1. The van der Waals surface area contributed by atoms with Gasteiger partial charge in [-0.15, -0.1) is 11.8 Å². The Balaban J connectivity index is 1.61. The Morgan fingerprint density at radius 3 is 2.38 bits per heavy atom. The van der Waals surface area contributed by atoms with Crippen LogP contribution in [-0.2, 0) is 21.8 Å². The van der Waals surface area contributed by atoms with Gasteiger partial charge >= 0.3 is 0 Å². The second-order valence-electron chi connectivity index (χ2n) is 7.13. The lowest BCUT2D eigenvalue weighted by atomic mass is 10.0. The van der Waals surface area contributed by atoms with E-state index in [2.05, 4.69) is 0 Å². The number of para-hydroxylation sites is 1. The van der Waals surface area contributed by atoms with Crippen LogP contribution in [0.15, 0.2) is 76.2 Å². The highest BCUT2D eigenvalue weighted by atomic mass is 32.2. The van der Waals surface area contributed by atoms with Crippen molar-refractivity contribution >= 4 is 29.1 Å². The molecule has 0 N–H and O–H groups in total. The van der Waals surface area contributed by atoms with Gasteiger partial charge in [-0.1, -0.05) is 30.3 Å². The van der Waals surface area contributed by atoms with Gasteiger partial charge in [0.2, 0.25) is 0 Å². The Hall–Kier alpha value is -3.45. The number of thioether (sulfide) groups is 1. The molecule has 0 spiro atoms. The van der Waals surface area contributed by atoms with E-state index < -0.39 is 0 Å². The number of rotatable bonds is 9. The minimum Gasteiger partial charge on any atom is -0.497 e. The molecule has 0 saturated carbocycles. The van der Waals surface area contributed by atoms with Gasteiger partial charge in [0.15, 0.2) is 0 Å². The maximum absolute atomic E-state index is 13.4. The van der Waals surface area contributed by atoms with E-state index in [1.165, 1.54) is 16.7 Å². The van der Waals surface area contributed by atoms with Crippen LogP contribution in [0.2, 0.25) is 0 Å². The Kier molecular flexibility index (Phi) is 6.66. The maximum Gasteiger partial charge on any atom is 0.268 e. The van der Waals surface area contributed by atoms with Crippen LogP contribution in [0.4, 0.5) is 0 Å². The van der Waals surface area contributed by atoms with Crippen LogP contribution < -0.4 is 9.47 Å². The first kappa shape index (κ1) is 21.8. The molecule has 0 atom stereocenters. The second kappa shape index (κ2) is 9.78. The molecular formula is C25H23NO5S. The molecule has 7 heteroatoms. The molecule has 2 heterocycles. The smallest absolute Gasteiger partial charge is 0.268 e. The summed E-state index contributed by atoms with van der Waals surface area (Å²) in [6.07, 6.45) is 2.14. The fourth-order valence-corrected chi connectivity index (χ4v) is 4.58. The largest absolute Gasteiger partial charge is 0.497 e. The molecule has 2 amide bonds. The molecule has 1 aliphatic rings. The van der Waals surface area contributed by atoms with Crippen molar-refractivity contribution in [1.29, 1.82) is 0 Å². The number of hydrogen-bond donors (Lipinski definition) is 0. The van der Waals surface area contributed by atoms with Crippen molar-refractivity contribution in [3.05, 3.63) is 88.7 Å². The van der Waals surface area contributed by atoms with Crippen molar-refractivity contribution in [2.75, 3.05) is 20.8 Å². The number of amides is 2. The van der Waals surface area contributed by atoms with Crippen LogP contribution in [0.5, 0.6) is 11.5 Å². The quantitative estimate of drug-likeness (QED) is 0.447. The summed E-state index contributed by atoms with van der Waals surface area (Å²) in [6, 6.07) is 18.5. The predicted octanol–water partition coefficient (Wildman–Crippen LogP) is 4.55. The van der Waals surface area contributed by atoms with E-state index in [9.17, 15) is 9.59 Å². The van der Waals surface area contributed by atoms with Crippen molar-refractivity contribution in [2.45, 2.75) is 12.2 Å². The number of carbonyl (C=O) groups excluding carboxylic acids is 2. The van der Waals surface area contributed by atoms with Gasteiger partial charge in [-0.2, -0.15) is 0 Å². The molecule has 0 unspecified atom stereocenters. The van der Waals surface area contributed by atoms with Gasteiger partial charge in [-0.3, -0.25) is 14.5 Å². The minimum atomic E-state index is -0.310. The standard InChI is InChI=1S/C25H23NO5S/c1-29-18-11-9-17(10-12-18)13-14-26-24(27)22(20-7-3-4-8-21(20)30-2)23(25(26)28)32-16-19-6-5-15-31-19/h3-12,15H,13-14,16H2,1-2H3. The molecule has 4 rings (SSSR count). The number of nitrogens with zero attached hydrogens (tertiary/aromatic N) is 1. The number of ether oxygens (including phenoxy) is 2. The number of furan rings is 1. The highest BCUT2D eigenvalue weighted by Gasteiger charge is 2.40. The van der Waals surface area contributed by atoms with E-state index >= 15 is 0 Å². The lowest BCUT2D eigenvalue weighted by molar-refractivity contribution is -0.136. The molecule has 1 aliphatic heterocycles. The Labute approximate surface area is 190 Å². The lowest BCUT2D eigenvalue weighted by Crippen LogP contribution is -2.33. The predicted molar refractivity (Wildman–Crippen MR) is 123 cm³/mol. The fourth-order valence-electron chi connectivity index (χ4n) is 3.55. The lowest BCUT2D eigenvalue weighted by Gasteiger charge is -2.15. The van der Waals surface area contributed by atoms with E-state index in [-0.39, 0.29) is 18.4 Å². The number of benzene rings is 2. The average molecular weight is 450 g/mol. The Bertz CT molecular complexity index is 1140. The highest BCUT2D eigenvalue weighted by Crippen LogP contribution is 2.40. The molecule has 0 fully saturated rings. The van der Waals surface area contributed by atoms with Crippen LogP contribution in [0, 0.1) is 0 Å². The highest BCUT2D eigenvalue weighted by molar-refractivity contribution is 8.03. The van der Waals surface area contributed by atoms with Crippen LogP contribution in [0.3, 0.4) is 0 Å². The summed E-state index contributed by atoms with van der Waals surface area (Å²) < 4.78 is 16.1. The van der Waals surface area contributed by atoms with Gasteiger partial charge < -0.3 is 13.9 Å². The summed E-state index contributed by atoms with van der Waals surface area (Å²) in [5, 5.41) is 0. The molecule has 32 heavy (non-hydrogen) atoms. The van der Waals surface area contributed by atoms with Crippen molar-refractivity contribution < 1.29 is 23.5 Å². The van der Waals surface area contributed by atoms with Gasteiger partial charge in [-0.25, -0.2) is 0 Å². The Morgan fingerprint density at radius 1 is 0.906 bits per heavy atom. The summed E-state index contributed by atoms with van der Waals surface area (Å²) in [6.45, 7) is 0.285. The fraction of sp³-hybridized carbons (Fsp3) is 0.200. The van der Waals surface area contributed by atoms with Crippen LogP contribution in [-0.4, -0.2) is 37.5 Å². The third-order valence-electron chi connectivity index (χ3n) is 5.22. The molecule has 0 bridgehead atoms. The molecule has 0 aliphatic carbocycles. The van der Waals surface area contributed by atoms with Gasteiger partial charge in [0.1, 0.15) is 17.3 Å². The Morgan fingerprint density at radius 2 is 1.69 bits per heavy atom. The number of carbonyl (C=O) groups is 2. The van der Waals surface area contributed by atoms with Crippen LogP contribution in [0.25, 0.3) is 5.57 Å². The number of methoxy groups -OCH3 is 2. The molecule has 1 aromatic heterocycles. The van der Waals surface area contributed by atoms with Crippen molar-refractivity contribution in [3.63, 3.8) is 0 Å². The molecular weight excluding hydrogens is 426 g/mol. The van der Waals surface area contributed by atoms with E-state index in [1.54, 1.807) is 38.7 Å². The number of imide groups is 1. The van der Waals surface area contributed by atoms with Crippen molar-refractivity contribution in [1.82, 2.24) is 4.90 Å². The molecule has 3 aromatic rings. The third kappa shape index (κ3) is 4.43. The normalized spacial score (nSPS) is 13.8. The van der Waals surface area contributed by atoms with E-state index in [1.807, 2.05) is 42.5 Å². The zero-order valence-electron chi connectivity index (χ0n) is 17.9. The second-order valence-corrected chi connectivity index (χ2v) is 8.12. The minimum absolute atomic E-state index is 0.285. The third-order valence-corrected chi connectivity index (χ3v) is 6.32. The van der Waals surface area contributed by atoms with E-state index in [4.69, 9.17) is 13.9 Å². The molecule has 0 radical (unpaired) electrons. The van der Waals surface area contributed by atoms with Gasteiger partial charge in [-0.05, 0) is 42.3 Å². The average Bonchev–Trinajstić information content (AvgIpc) is 3.43. The topological polar surface area (TPSA) is 69.0 Å². The summed E-state index contributed by atoms with van der Waals surface area (Å²) in [5.41, 5.74) is 2.00. The van der Waals surface area contributed by atoms with Crippen molar-refractivity contribution in [3.8, 4) is 11.5 Å². The summed E-state index contributed by atoms with van der Waals surface area (Å²) in [5.74, 6) is 1.90. The SMILES string of the molecule is COc1ccc(CCN2C(=O)C(SCc3ccco3)=C(c3ccccc3OC)C2=O)cc1. The van der Waals surface area contributed by atoms with E-state index in [0.29, 0.717) is 34.0 Å². The maximum atomic E-state index is 13.4. The summed E-state index contributed by atoms with van der Waals surface area (Å²) in [4.78, 5) is 28.5. The zero-order valence-corrected chi connectivity index (χ0v) is 18.7. The van der Waals surface area contributed by atoms with Crippen molar-refractivity contribution in [2.24, 2.45) is 0 Å². The molecule has 2 aromatic carbocycles. The first-order chi connectivity index (χ1) is 15.6. The van der Waals surface area contributed by atoms with Gasteiger partial charge in [0.25, 0.3) is 11.8 Å². The van der Waals surface area contributed by atoms with E-state index in [0.717, 1.165) is 17.1 Å². The zero-order chi connectivity index (χ0) is 22.5. The van der Waals surface area contributed by atoms with Crippen LogP contribution >= 0.6 is 11.8 Å². The molecule has 164 valence electrons. The summed E-state index contributed by atoms with van der Waals surface area (Å²) in [7, 11) is 3.17. The summed E-state index contributed by atoms with van der Waals surface area (Å²) >= 11 is 1.31. The first-order valence-electron chi connectivity index (χ1n) is 10.1. The number of hydrogen-bond acceptors (Lipinski definition) is 6. The monoisotopic (exact) mass is 449 g/mol. The van der Waals surface area contributed by atoms with Gasteiger partial charge in [0.05, 0.1) is 36.7 Å². The van der Waals surface area contributed by atoms with Gasteiger partial charge in [0, 0.05) is 12.1 Å².